The van der Waals surface area contributed by atoms with E-state index in [0.29, 0.717) is 5.69 Å². The Morgan fingerprint density at radius 2 is 2.00 bits per heavy atom. The highest BCUT2D eigenvalue weighted by atomic mass is 19.1. The first-order valence-electron chi connectivity index (χ1n) is 7.15. The molecule has 23 heavy (non-hydrogen) atoms. The summed E-state index contributed by atoms with van der Waals surface area (Å²) in [6.45, 7) is 3.50. The number of carbonyl (C=O) groups is 2. The minimum Gasteiger partial charge on any atom is -0.481 e. The molecule has 2 atom stereocenters. The molecule has 1 fully saturated rings. The molecule has 2 N–H and O–H groups in total. The van der Waals surface area contributed by atoms with Gasteiger partial charge in [-0.15, -0.1) is 0 Å². The van der Waals surface area contributed by atoms with Crippen LogP contribution in [-0.2, 0) is 9.59 Å². The van der Waals surface area contributed by atoms with Gasteiger partial charge in [-0.05, 0) is 17.5 Å². The van der Waals surface area contributed by atoms with Gasteiger partial charge in [0.2, 0.25) is 5.91 Å². The Kier molecular flexibility index (Phi) is 3.43. The first-order valence-corrected chi connectivity index (χ1v) is 7.15. The minimum atomic E-state index is -0.975. The van der Waals surface area contributed by atoms with Crippen molar-refractivity contribution in [2.75, 3.05) is 5.32 Å². The van der Waals surface area contributed by atoms with E-state index in [1.807, 2.05) is 0 Å². The normalized spacial score (nSPS) is 21.7. The lowest BCUT2D eigenvalue weighted by Gasteiger charge is -2.04. The van der Waals surface area contributed by atoms with Crippen LogP contribution in [0.1, 0.15) is 13.8 Å². The van der Waals surface area contributed by atoms with Crippen LogP contribution in [0.3, 0.4) is 0 Å². The van der Waals surface area contributed by atoms with E-state index in [0.717, 1.165) is 0 Å². The molecule has 0 saturated heterocycles. The highest BCUT2D eigenvalue weighted by Crippen LogP contribution is 2.58. The van der Waals surface area contributed by atoms with Gasteiger partial charge >= 0.3 is 5.97 Å². The van der Waals surface area contributed by atoms with E-state index < -0.39 is 29.0 Å². The number of rotatable bonds is 4. The second kappa shape index (κ2) is 5.19. The Labute approximate surface area is 131 Å². The smallest absolute Gasteiger partial charge is 0.307 e. The number of halogens is 1. The van der Waals surface area contributed by atoms with Gasteiger partial charge in [0.05, 0.1) is 29.9 Å². The van der Waals surface area contributed by atoms with E-state index >= 15 is 0 Å². The molecule has 0 bridgehead atoms. The van der Waals surface area contributed by atoms with Crippen molar-refractivity contribution < 1.29 is 19.1 Å². The van der Waals surface area contributed by atoms with Gasteiger partial charge in [-0.25, -0.2) is 9.07 Å². The number of carboxylic acid groups (broad SMARTS) is 1. The summed E-state index contributed by atoms with van der Waals surface area (Å²) in [5.74, 6) is -3.05. The monoisotopic (exact) mass is 317 g/mol. The molecule has 0 aliphatic heterocycles. The summed E-state index contributed by atoms with van der Waals surface area (Å²) in [6.07, 6.45) is 2.89. The predicted molar refractivity (Wildman–Crippen MR) is 80.5 cm³/mol. The fourth-order valence-corrected chi connectivity index (χ4v) is 2.96. The molecule has 6 nitrogen and oxygen atoms in total. The van der Waals surface area contributed by atoms with Crippen LogP contribution in [0.5, 0.6) is 0 Å². The van der Waals surface area contributed by atoms with Gasteiger partial charge in [0, 0.05) is 0 Å². The zero-order chi connectivity index (χ0) is 16.8. The van der Waals surface area contributed by atoms with Crippen molar-refractivity contribution in [1.29, 1.82) is 0 Å². The molecule has 1 saturated carbocycles. The third-order valence-electron chi connectivity index (χ3n) is 4.33. The number of hydrogen-bond donors (Lipinski definition) is 2. The molecule has 3 rings (SSSR count). The average Bonchev–Trinajstić information content (AvgIpc) is 2.82. The maximum Gasteiger partial charge on any atom is 0.307 e. The number of para-hydroxylation sites is 1. The van der Waals surface area contributed by atoms with Crippen molar-refractivity contribution in [3.63, 3.8) is 0 Å². The van der Waals surface area contributed by atoms with Gasteiger partial charge in [-0.2, -0.15) is 5.10 Å². The predicted octanol–water partition coefficient (Wildman–Crippen LogP) is 2.31. The molecule has 0 spiro atoms. The summed E-state index contributed by atoms with van der Waals surface area (Å²) in [6, 6.07) is 6.15. The summed E-state index contributed by atoms with van der Waals surface area (Å²) in [7, 11) is 0. The molecule has 1 aliphatic carbocycles. The molecule has 2 aromatic rings. The molecule has 120 valence electrons. The SMILES string of the molecule is CC1(C)[C@H](C(=O)O)[C@@H]1C(=O)Nc1cnn(-c2ccccc2F)c1. The number of anilines is 1. The Bertz CT molecular complexity index is 784. The number of aromatic nitrogens is 2. The zero-order valence-corrected chi connectivity index (χ0v) is 12.7. The molecule has 1 aromatic carbocycles. The van der Waals surface area contributed by atoms with E-state index in [4.69, 9.17) is 5.11 Å². The summed E-state index contributed by atoms with van der Waals surface area (Å²) in [5, 5.41) is 15.8. The Morgan fingerprint density at radius 3 is 2.61 bits per heavy atom. The topological polar surface area (TPSA) is 84.2 Å². The first-order chi connectivity index (χ1) is 10.8. The van der Waals surface area contributed by atoms with Crippen LogP contribution in [0.2, 0.25) is 0 Å². The number of nitrogens with one attached hydrogen (secondary N) is 1. The lowest BCUT2D eigenvalue weighted by atomic mass is 10.1. The number of carboxylic acids is 1. The molecular weight excluding hydrogens is 301 g/mol. The fourth-order valence-electron chi connectivity index (χ4n) is 2.96. The second-order valence-corrected chi connectivity index (χ2v) is 6.23. The fraction of sp³-hybridized carbons (Fsp3) is 0.312. The number of carbonyl (C=O) groups excluding carboxylic acids is 1. The van der Waals surface area contributed by atoms with Crippen LogP contribution in [0, 0.1) is 23.1 Å². The van der Waals surface area contributed by atoms with Crippen LogP contribution in [-0.4, -0.2) is 26.8 Å². The summed E-state index contributed by atoms with van der Waals surface area (Å²) < 4.78 is 15.0. The minimum absolute atomic E-state index is 0.267. The lowest BCUT2D eigenvalue weighted by Crippen LogP contribution is -2.17. The van der Waals surface area contributed by atoms with Gasteiger partial charge in [0.25, 0.3) is 0 Å². The number of nitrogens with zero attached hydrogens (tertiary/aromatic N) is 2. The maximum absolute atomic E-state index is 13.7. The summed E-state index contributed by atoms with van der Waals surface area (Å²) in [4.78, 5) is 23.4. The molecule has 0 unspecified atom stereocenters. The van der Waals surface area contributed by atoms with Crippen molar-refractivity contribution in [1.82, 2.24) is 9.78 Å². The van der Waals surface area contributed by atoms with Crippen LogP contribution in [0.15, 0.2) is 36.7 Å². The van der Waals surface area contributed by atoms with E-state index in [9.17, 15) is 14.0 Å². The second-order valence-electron chi connectivity index (χ2n) is 6.23. The number of hydrogen-bond acceptors (Lipinski definition) is 3. The Hall–Kier alpha value is -2.70. The van der Waals surface area contributed by atoms with E-state index in [2.05, 4.69) is 10.4 Å². The molecule has 1 aromatic heterocycles. The molecule has 7 heteroatoms. The largest absolute Gasteiger partial charge is 0.481 e. The zero-order valence-electron chi connectivity index (χ0n) is 12.7. The molecule has 1 heterocycles. The number of aliphatic carboxylic acids is 1. The summed E-state index contributed by atoms with van der Waals surface area (Å²) >= 11 is 0. The quantitative estimate of drug-likeness (QED) is 0.906. The van der Waals surface area contributed by atoms with Gasteiger partial charge < -0.3 is 10.4 Å². The molecule has 1 aliphatic rings. The third-order valence-corrected chi connectivity index (χ3v) is 4.33. The van der Waals surface area contributed by atoms with Crippen LogP contribution >= 0.6 is 0 Å². The highest BCUT2D eigenvalue weighted by molar-refractivity contribution is 5.99. The Morgan fingerprint density at radius 1 is 1.30 bits per heavy atom. The van der Waals surface area contributed by atoms with Crippen LogP contribution < -0.4 is 5.32 Å². The van der Waals surface area contributed by atoms with Crippen molar-refractivity contribution in [3.05, 3.63) is 42.5 Å². The molecule has 0 radical (unpaired) electrons. The van der Waals surface area contributed by atoms with Crippen molar-refractivity contribution >= 4 is 17.6 Å². The van der Waals surface area contributed by atoms with Crippen LogP contribution in [0.4, 0.5) is 10.1 Å². The van der Waals surface area contributed by atoms with E-state index in [1.54, 1.807) is 32.0 Å². The first kappa shape index (κ1) is 15.2. The van der Waals surface area contributed by atoms with Crippen molar-refractivity contribution in [3.8, 4) is 5.69 Å². The average molecular weight is 317 g/mol. The highest BCUT2D eigenvalue weighted by Gasteiger charge is 2.65. The van der Waals surface area contributed by atoms with Gasteiger partial charge in [-0.3, -0.25) is 9.59 Å². The van der Waals surface area contributed by atoms with E-state index in [-0.39, 0.29) is 11.6 Å². The van der Waals surface area contributed by atoms with Gasteiger partial charge in [0.1, 0.15) is 11.5 Å². The van der Waals surface area contributed by atoms with Crippen LogP contribution in [0.25, 0.3) is 5.69 Å². The summed E-state index contributed by atoms with van der Waals surface area (Å²) in [5.41, 5.74) is 0.0884. The maximum atomic E-state index is 13.7. The third kappa shape index (κ3) is 2.58. The molecular formula is C16H16FN3O3. The number of amides is 1. The van der Waals surface area contributed by atoms with Crippen molar-refractivity contribution in [2.24, 2.45) is 17.3 Å². The lowest BCUT2D eigenvalue weighted by molar-refractivity contribution is -0.140. The van der Waals surface area contributed by atoms with Gasteiger partial charge in [0.15, 0.2) is 0 Å². The van der Waals surface area contributed by atoms with Crippen molar-refractivity contribution in [2.45, 2.75) is 13.8 Å². The number of benzene rings is 1. The Balaban J connectivity index is 1.74. The standard InChI is InChI=1S/C16H16FN3O3/c1-16(2)12(13(16)15(22)23)14(21)19-9-7-18-20(8-9)11-6-4-3-5-10(11)17/h3-8,12-13H,1-2H3,(H,19,21)(H,22,23)/t12-,13+/m1/s1. The van der Waals surface area contributed by atoms with Gasteiger partial charge in [-0.1, -0.05) is 26.0 Å². The van der Waals surface area contributed by atoms with E-state index in [1.165, 1.54) is 23.1 Å². The molecule has 1 amide bonds.